The Balaban J connectivity index is 2.13. The van der Waals surface area contributed by atoms with Crippen molar-refractivity contribution in [3.05, 3.63) is 10.4 Å². The summed E-state index contributed by atoms with van der Waals surface area (Å²) in [5, 5.41) is 14.9. The molecular weight excluding hydrogens is 342 g/mol. The van der Waals surface area contributed by atoms with E-state index in [0.29, 0.717) is 6.61 Å². The van der Waals surface area contributed by atoms with E-state index in [9.17, 15) is 5.11 Å². The average Bonchev–Trinajstić information content (AvgIpc) is 2.89. The second-order valence-electron chi connectivity index (χ2n) is 6.63. The van der Waals surface area contributed by atoms with Gasteiger partial charge in [0.15, 0.2) is 5.16 Å². The lowest BCUT2D eigenvalue weighted by Crippen LogP contribution is -2.31. The van der Waals surface area contributed by atoms with Gasteiger partial charge in [-0.2, -0.15) is 0 Å². The van der Waals surface area contributed by atoms with Crippen LogP contribution in [0.5, 0.6) is 0 Å². The number of nitrogens with zero attached hydrogens (tertiary/aromatic N) is 2. The van der Waals surface area contributed by atoms with Crippen LogP contribution in [0, 0.1) is 0 Å². The van der Waals surface area contributed by atoms with E-state index in [0.717, 1.165) is 39.8 Å². The first-order chi connectivity index (χ1) is 11.5. The molecule has 3 rings (SSSR count). The molecule has 1 aliphatic rings. The average molecular weight is 368 g/mol. The van der Waals surface area contributed by atoms with Gasteiger partial charge in [0.25, 0.3) is 0 Å². The molecule has 0 aliphatic carbocycles. The molecule has 0 saturated carbocycles. The number of thiophene rings is 1. The van der Waals surface area contributed by atoms with Crippen LogP contribution >= 0.6 is 23.1 Å². The number of hydrogen-bond donors (Lipinski definition) is 2. The largest absolute Gasteiger partial charge is 0.394 e. The molecule has 0 bridgehead atoms. The van der Waals surface area contributed by atoms with Gasteiger partial charge < -0.3 is 15.2 Å². The zero-order chi connectivity index (χ0) is 17.3. The van der Waals surface area contributed by atoms with Gasteiger partial charge in [0.2, 0.25) is 0 Å². The summed E-state index contributed by atoms with van der Waals surface area (Å²) in [7, 11) is 0. The van der Waals surface area contributed by atoms with Gasteiger partial charge in [-0.05, 0) is 31.6 Å². The van der Waals surface area contributed by atoms with Crippen molar-refractivity contribution in [3.63, 3.8) is 0 Å². The van der Waals surface area contributed by atoms with Crippen molar-refractivity contribution in [1.29, 1.82) is 0 Å². The summed E-state index contributed by atoms with van der Waals surface area (Å²) >= 11 is 3.35. The molecule has 132 valence electrons. The lowest BCUT2D eigenvalue weighted by Gasteiger charge is -2.30. The number of thioether (sulfide) groups is 1. The van der Waals surface area contributed by atoms with Crippen molar-refractivity contribution in [2.24, 2.45) is 0 Å². The van der Waals surface area contributed by atoms with E-state index in [1.165, 1.54) is 10.4 Å². The molecule has 2 N–H and O–H groups in total. The van der Waals surface area contributed by atoms with E-state index < -0.39 is 0 Å². The molecule has 0 radical (unpaired) electrons. The minimum atomic E-state index is -0.170. The first kappa shape index (κ1) is 17.9. The molecular formula is C17H25N3O2S2. The van der Waals surface area contributed by atoms with Gasteiger partial charge >= 0.3 is 0 Å². The van der Waals surface area contributed by atoms with Crippen LogP contribution in [0.15, 0.2) is 5.16 Å². The molecule has 0 aromatic carbocycles. The fourth-order valence-corrected chi connectivity index (χ4v) is 4.62. The maximum absolute atomic E-state index is 9.58. The highest BCUT2D eigenvalue weighted by molar-refractivity contribution is 7.99. The number of ether oxygens (including phenoxy) is 1. The SMILES string of the molecule is CCSc1nc(NC(CC)CO)c2c3c(sc2n1)COC(C)(C)C3. The highest BCUT2D eigenvalue weighted by atomic mass is 32.2. The lowest BCUT2D eigenvalue weighted by molar-refractivity contribution is -0.0379. The third-order valence-electron chi connectivity index (χ3n) is 4.24. The summed E-state index contributed by atoms with van der Waals surface area (Å²) in [4.78, 5) is 11.8. The maximum atomic E-state index is 9.58. The number of aliphatic hydroxyl groups excluding tert-OH is 1. The molecule has 1 aliphatic heterocycles. The Morgan fingerprint density at radius 1 is 1.38 bits per heavy atom. The monoisotopic (exact) mass is 367 g/mol. The smallest absolute Gasteiger partial charge is 0.190 e. The fraction of sp³-hybridized carbons (Fsp3) is 0.647. The van der Waals surface area contributed by atoms with Gasteiger partial charge in [0, 0.05) is 11.3 Å². The molecule has 3 heterocycles. The summed E-state index contributed by atoms with van der Waals surface area (Å²) in [6.45, 7) is 9.14. The molecule has 5 nitrogen and oxygen atoms in total. The van der Waals surface area contributed by atoms with Gasteiger partial charge in [-0.25, -0.2) is 9.97 Å². The number of anilines is 1. The number of aromatic nitrogens is 2. The van der Waals surface area contributed by atoms with E-state index in [1.54, 1.807) is 23.1 Å². The van der Waals surface area contributed by atoms with Gasteiger partial charge in [0.1, 0.15) is 10.6 Å². The number of rotatable bonds is 6. The summed E-state index contributed by atoms with van der Waals surface area (Å²) in [5.74, 6) is 1.79. The van der Waals surface area contributed by atoms with Crippen molar-refractivity contribution in [1.82, 2.24) is 9.97 Å². The molecule has 1 unspecified atom stereocenters. The quantitative estimate of drug-likeness (QED) is 0.597. The highest BCUT2D eigenvalue weighted by Gasteiger charge is 2.31. The predicted octanol–water partition coefficient (Wildman–Crippen LogP) is 3.84. The Hall–Kier alpha value is -0.890. The number of hydrogen-bond acceptors (Lipinski definition) is 7. The van der Waals surface area contributed by atoms with Crippen LogP contribution in [0.1, 0.15) is 44.6 Å². The van der Waals surface area contributed by atoms with Crippen LogP contribution in [-0.2, 0) is 17.8 Å². The fourth-order valence-electron chi connectivity index (χ4n) is 2.89. The summed E-state index contributed by atoms with van der Waals surface area (Å²) in [5.41, 5.74) is 1.13. The van der Waals surface area contributed by atoms with Crippen molar-refractivity contribution in [2.45, 2.75) is 63.9 Å². The van der Waals surface area contributed by atoms with Crippen LogP contribution in [0.2, 0.25) is 0 Å². The van der Waals surface area contributed by atoms with E-state index in [1.807, 2.05) is 0 Å². The summed E-state index contributed by atoms with van der Waals surface area (Å²) in [6.07, 6.45) is 1.70. The minimum absolute atomic E-state index is 0.00553. The molecule has 0 amide bonds. The van der Waals surface area contributed by atoms with Crippen molar-refractivity contribution < 1.29 is 9.84 Å². The second-order valence-corrected chi connectivity index (χ2v) is 8.94. The number of fused-ring (bicyclic) bond motifs is 3. The number of nitrogens with one attached hydrogen (secondary N) is 1. The highest BCUT2D eigenvalue weighted by Crippen LogP contribution is 2.41. The van der Waals surface area contributed by atoms with Crippen LogP contribution < -0.4 is 5.32 Å². The Morgan fingerprint density at radius 2 is 2.17 bits per heavy atom. The normalized spacial score (nSPS) is 17.7. The van der Waals surface area contributed by atoms with E-state index >= 15 is 0 Å². The molecule has 0 fully saturated rings. The molecule has 0 saturated heterocycles. The minimum Gasteiger partial charge on any atom is -0.394 e. The predicted molar refractivity (Wildman–Crippen MR) is 101 cm³/mol. The van der Waals surface area contributed by atoms with E-state index in [-0.39, 0.29) is 18.2 Å². The summed E-state index contributed by atoms with van der Waals surface area (Å²) in [6, 6.07) is 0.00553. The molecule has 7 heteroatoms. The van der Waals surface area contributed by atoms with Crippen LogP contribution in [-0.4, -0.2) is 39.1 Å². The first-order valence-electron chi connectivity index (χ1n) is 8.43. The Labute approximate surface area is 151 Å². The van der Waals surface area contributed by atoms with Crippen molar-refractivity contribution >= 4 is 39.1 Å². The second kappa shape index (κ2) is 7.15. The summed E-state index contributed by atoms with van der Waals surface area (Å²) < 4.78 is 5.96. The zero-order valence-electron chi connectivity index (χ0n) is 14.7. The topological polar surface area (TPSA) is 67.3 Å². The Bertz CT molecular complexity index is 726. The van der Waals surface area contributed by atoms with Crippen molar-refractivity contribution in [2.75, 3.05) is 17.7 Å². The zero-order valence-corrected chi connectivity index (χ0v) is 16.3. The van der Waals surface area contributed by atoms with E-state index in [2.05, 4.69) is 33.0 Å². The first-order valence-corrected chi connectivity index (χ1v) is 10.2. The van der Waals surface area contributed by atoms with E-state index in [4.69, 9.17) is 14.7 Å². The molecule has 0 spiro atoms. The Morgan fingerprint density at radius 3 is 2.83 bits per heavy atom. The van der Waals surface area contributed by atoms with Crippen LogP contribution in [0.25, 0.3) is 10.2 Å². The third-order valence-corrected chi connectivity index (χ3v) is 6.07. The molecule has 1 atom stereocenters. The van der Waals surface area contributed by atoms with Gasteiger partial charge in [-0.1, -0.05) is 25.6 Å². The Kier molecular flexibility index (Phi) is 5.34. The molecule has 24 heavy (non-hydrogen) atoms. The molecule has 2 aromatic heterocycles. The standard InChI is InChI=1S/C17H25N3O2S2/c1-5-10(8-21)18-14-13-11-7-17(3,4)22-9-12(11)24-15(13)20-16(19-14)23-6-2/h10,21H,5-9H2,1-4H3,(H,18,19,20). The maximum Gasteiger partial charge on any atom is 0.190 e. The van der Waals surface area contributed by atoms with Crippen molar-refractivity contribution in [3.8, 4) is 0 Å². The lowest BCUT2D eigenvalue weighted by atomic mass is 9.94. The van der Waals surface area contributed by atoms with Gasteiger partial charge in [-0.15, -0.1) is 11.3 Å². The van der Waals surface area contributed by atoms with Crippen LogP contribution in [0.4, 0.5) is 5.82 Å². The third kappa shape index (κ3) is 3.54. The molecule has 2 aromatic rings. The number of aliphatic hydroxyl groups is 1. The van der Waals surface area contributed by atoms with Crippen LogP contribution in [0.3, 0.4) is 0 Å². The van der Waals surface area contributed by atoms with Gasteiger partial charge in [0.05, 0.1) is 30.2 Å². The van der Waals surface area contributed by atoms with Gasteiger partial charge in [-0.3, -0.25) is 0 Å².